The van der Waals surface area contributed by atoms with Crippen LogP contribution in [0.1, 0.15) is 47.4 Å². The summed E-state index contributed by atoms with van der Waals surface area (Å²) >= 11 is 0. The summed E-state index contributed by atoms with van der Waals surface area (Å²) in [5.74, 6) is -3.47. The van der Waals surface area contributed by atoms with Crippen LogP contribution < -0.4 is 10.2 Å². The summed E-state index contributed by atoms with van der Waals surface area (Å²) < 4.78 is 0. The standard InChI is InChI=1S/C33H41N7O7/c41-30(42)21-39(22-31(43)44)27-9-1-2-10-28(27)40(23-32(45)46)29-12-11-24(19-37-29)33(47)36-16-18-38(20-26-8-4-6-15-35-26)17-13-25-7-3-5-14-34-25/h3-8,11-12,14-15,19,27-28H,1-2,9-10,13,16-18,20-23H2,(H,36,47)(H,41,42)(H,43,44)(H,45,46). The summed E-state index contributed by atoms with van der Waals surface area (Å²) in [6.07, 6.45) is 8.22. The largest absolute Gasteiger partial charge is 0.480 e. The number of hydrogen-bond donors (Lipinski definition) is 4. The number of aliphatic carboxylic acids is 3. The Morgan fingerprint density at radius 2 is 1.38 bits per heavy atom. The van der Waals surface area contributed by atoms with E-state index in [1.807, 2.05) is 36.4 Å². The monoisotopic (exact) mass is 647 g/mol. The third kappa shape index (κ3) is 11.1. The minimum Gasteiger partial charge on any atom is -0.480 e. The first-order valence-electron chi connectivity index (χ1n) is 15.6. The lowest BCUT2D eigenvalue weighted by Gasteiger charge is -2.44. The lowest BCUT2D eigenvalue weighted by Crippen LogP contribution is -2.57. The number of anilines is 1. The molecule has 14 heteroatoms. The molecule has 0 bridgehead atoms. The van der Waals surface area contributed by atoms with Crippen LogP contribution in [-0.2, 0) is 27.3 Å². The zero-order valence-electron chi connectivity index (χ0n) is 26.1. The minimum atomic E-state index is -1.16. The molecule has 0 spiro atoms. The molecule has 250 valence electrons. The van der Waals surface area contributed by atoms with Gasteiger partial charge in [-0.1, -0.05) is 25.0 Å². The lowest BCUT2D eigenvalue weighted by molar-refractivity contribution is -0.144. The molecule has 0 saturated heterocycles. The number of carboxylic acids is 3. The van der Waals surface area contributed by atoms with Crippen LogP contribution in [0.25, 0.3) is 0 Å². The molecule has 3 aromatic heterocycles. The molecule has 0 radical (unpaired) electrons. The molecule has 1 saturated carbocycles. The van der Waals surface area contributed by atoms with Gasteiger partial charge in [0.2, 0.25) is 0 Å². The SMILES string of the molecule is O=C(O)CN(CC(=O)O)C1CCCCC1N(CC(=O)O)c1ccc(C(=O)NCCN(CCc2ccccn2)Cc2ccccn2)cn1. The van der Waals surface area contributed by atoms with Gasteiger partial charge in [0.1, 0.15) is 12.4 Å². The van der Waals surface area contributed by atoms with Gasteiger partial charge in [0.05, 0.1) is 24.3 Å². The highest BCUT2D eigenvalue weighted by atomic mass is 16.4. The highest BCUT2D eigenvalue weighted by molar-refractivity contribution is 5.94. The smallest absolute Gasteiger partial charge is 0.323 e. The van der Waals surface area contributed by atoms with E-state index in [1.165, 1.54) is 11.1 Å². The van der Waals surface area contributed by atoms with Gasteiger partial charge in [0.15, 0.2) is 0 Å². The van der Waals surface area contributed by atoms with E-state index < -0.39 is 49.6 Å². The third-order valence-corrected chi connectivity index (χ3v) is 8.09. The van der Waals surface area contributed by atoms with Crippen molar-refractivity contribution in [3.63, 3.8) is 0 Å². The van der Waals surface area contributed by atoms with Crippen LogP contribution in [-0.4, -0.2) is 115 Å². The van der Waals surface area contributed by atoms with E-state index in [0.717, 1.165) is 37.2 Å². The van der Waals surface area contributed by atoms with E-state index in [0.29, 0.717) is 43.9 Å². The van der Waals surface area contributed by atoms with Crippen LogP contribution in [0.5, 0.6) is 0 Å². The van der Waals surface area contributed by atoms with Crippen LogP contribution in [0.15, 0.2) is 67.1 Å². The van der Waals surface area contributed by atoms with Gasteiger partial charge in [-0.2, -0.15) is 0 Å². The Labute approximate surface area is 273 Å². The van der Waals surface area contributed by atoms with Crippen molar-refractivity contribution in [3.05, 3.63) is 84.1 Å². The Morgan fingerprint density at radius 3 is 1.96 bits per heavy atom. The van der Waals surface area contributed by atoms with E-state index in [1.54, 1.807) is 29.4 Å². The van der Waals surface area contributed by atoms with Crippen molar-refractivity contribution in [3.8, 4) is 0 Å². The highest BCUT2D eigenvalue weighted by Gasteiger charge is 2.37. The Kier molecular flexibility index (Phi) is 13.1. The minimum absolute atomic E-state index is 0.298. The molecular weight excluding hydrogens is 606 g/mol. The molecule has 3 aromatic rings. The van der Waals surface area contributed by atoms with E-state index in [2.05, 4.69) is 25.2 Å². The number of nitrogens with one attached hydrogen (secondary N) is 1. The molecule has 1 amide bonds. The van der Waals surface area contributed by atoms with Crippen LogP contribution in [0.4, 0.5) is 5.82 Å². The first-order chi connectivity index (χ1) is 22.7. The number of rotatable bonds is 18. The second kappa shape index (κ2) is 17.7. The summed E-state index contributed by atoms with van der Waals surface area (Å²) in [4.78, 5) is 66.4. The third-order valence-electron chi connectivity index (χ3n) is 8.09. The van der Waals surface area contributed by atoms with E-state index in [4.69, 9.17) is 0 Å². The molecule has 0 aliphatic heterocycles. The van der Waals surface area contributed by atoms with Crippen molar-refractivity contribution in [2.45, 2.75) is 50.7 Å². The van der Waals surface area contributed by atoms with Crippen LogP contribution in [0.2, 0.25) is 0 Å². The molecule has 1 aliphatic carbocycles. The van der Waals surface area contributed by atoms with Crippen LogP contribution >= 0.6 is 0 Å². The molecule has 2 atom stereocenters. The summed E-state index contributed by atoms with van der Waals surface area (Å²) in [7, 11) is 0. The number of carbonyl (C=O) groups excluding carboxylic acids is 1. The normalized spacial score (nSPS) is 16.1. The fourth-order valence-electron chi connectivity index (χ4n) is 5.96. The van der Waals surface area contributed by atoms with Crippen molar-refractivity contribution >= 4 is 29.6 Å². The van der Waals surface area contributed by atoms with Gasteiger partial charge < -0.3 is 25.5 Å². The van der Waals surface area contributed by atoms with Crippen molar-refractivity contribution in [1.82, 2.24) is 30.1 Å². The quantitative estimate of drug-likeness (QED) is 0.157. The van der Waals surface area contributed by atoms with E-state index >= 15 is 0 Å². The van der Waals surface area contributed by atoms with Crippen molar-refractivity contribution in [2.75, 3.05) is 44.2 Å². The first-order valence-corrected chi connectivity index (χ1v) is 15.6. The Bertz CT molecular complexity index is 1450. The molecule has 0 aromatic carbocycles. The summed E-state index contributed by atoms with van der Waals surface area (Å²) in [5.41, 5.74) is 2.19. The van der Waals surface area contributed by atoms with Crippen molar-refractivity contribution < 1.29 is 34.5 Å². The van der Waals surface area contributed by atoms with Gasteiger partial charge >= 0.3 is 17.9 Å². The molecule has 4 rings (SSSR count). The first kappa shape index (κ1) is 34.9. The van der Waals surface area contributed by atoms with Gasteiger partial charge in [-0.3, -0.25) is 38.9 Å². The molecule has 1 aliphatic rings. The maximum absolute atomic E-state index is 13.1. The molecule has 4 N–H and O–H groups in total. The topological polar surface area (TPSA) is 189 Å². The summed E-state index contributed by atoms with van der Waals surface area (Å²) in [6, 6.07) is 13.7. The van der Waals surface area contributed by atoms with Gasteiger partial charge in [0.25, 0.3) is 5.91 Å². The number of aromatic nitrogens is 3. The molecule has 47 heavy (non-hydrogen) atoms. The average Bonchev–Trinajstić information content (AvgIpc) is 3.06. The van der Waals surface area contributed by atoms with E-state index in [9.17, 15) is 34.5 Å². The number of pyridine rings is 3. The Morgan fingerprint density at radius 1 is 0.745 bits per heavy atom. The number of carbonyl (C=O) groups is 4. The van der Waals surface area contributed by atoms with Crippen molar-refractivity contribution in [1.29, 1.82) is 0 Å². The second-order valence-corrected chi connectivity index (χ2v) is 11.5. The Balaban J connectivity index is 1.42. The zero-order chi connectivity index (χ0) is 33.6. The van der Waals surface area contributed by atoms with Crippen LogP contribution in [0, 0.1) is 0 Å². The summed E-state index contributed by atoms with van der Waals surface area (Å²) in [6.45, 7) is 0.882. The molecule has 2 unspecified atom stereocenters. The Hall–Kier alpha value is -4.95. The van der Waals surface area contributed by atoms with Crippen molar-refractivity contribution in [2.24, 2.45) is 0 Å². The molecule has 1 fully saturated rings. The summed E-state index contributed by atoms with van der Waals surface area (Å²) in [5, 5.41) is 31.5. The maximum atomic E-state index is 13.1. The number of amides is 1. The van der Waals surface area contributed by atoms with Gasteiger partial charge in [0, 0.05) is 69.0 Å². The van der Waals surface area contributed by atoms with Gasteiger partial charge in [-0.15, -0.1) is 0 Å². The molecule has 14 nitrogen and oxygen atoms in total. The lowest BCUT2D eigenvalue weighted by atomic mass is 9.87. The number of hydrogen-bond acceptors (Lipinski definition) is 10. The second-order valence-electron chi connectivity index (χ2n) is 11.5. The number of nitrogens with zero attached hydrogens (tertiary/aromatic N) is 6. The number of carboxylic acid groups (broad SMARTS) is 3. The molecular formula is C33H41N7O7. The van der Waals surface area contributed by atoms with E-state index in [-0.39, 0.29) is 5.91 Å². The average molecular weight is 648 g/mol. The molecule has 3 heterocycles. The maximum Gasteiger partial charge on any atom is 0.323 e. The fourth-order valence-corrected chi connectivity index (χ4v) is 5.96. The predicted molar refractivity (Wildman–Crippen MR) is 172 cm³/mol. The van der Waals surface area contributed by atoms with Gasteiger partial charge in [-0.05, 0) is 49.2 Å². The predicted octanol–water partition coefficient (Wildman–Crippen LogP) is 2.02. The zero-order valence-corrected chi connectivity index (χ0v) is 26.1. The van der Waals surface area contributed by atoms with Crippen LogP contribution in [0.3, 0.4) is 0 Å². The van der Waals surface area contributed by atoms with Gasteiger partial charge in [-0.25, -0.2) is 4.98 Å². The fraction of sp³-hybridized carbons (Fsp3) is 0.424. The highest BCUT2D eigenvalue weighted by Crippen LogP contribution is 2.30.